The van der Waals surface area contributed by atoms with E-state index >= 15 is 0 Å². The summed E-state index contributed by atoms with van der Waals surface area (Å²) in [5.74, 6) is 0.853. The molecule has 0 unspecified atom stereocenters. The molecule has 2 heterocycles. The van der Waals surface area contributed by atoms with Crippen molar-refractivity contribution in [2.24, 2.45) is 0 Å². The second-order valence-electron chi connectivity index (χ2n) is 6.76. The van der Waals surface area contributed by atoms with Gasteiger partial charge in [0.05, 0.1) is 12.0 Å². The molecule has 154 valence electrons. The molecule has 9 heteroatoms. The molecule has 0 radical (unpaired) electrons. The van der Waals surface area contributed by atoms with E-state index in [9.17, 15) is 12.8 Å². The molecule has 4 aromatic rings. The van der Waals surface area contributed by atoms with E-state index in [1.807, 2.05) is 12.1 Å². The molecule has 0 aliphatic heterocycles. The Morgan fingerprint density at radius 2 is 1.87 bits per heavy atom. The number of methoxy groups -OCH3 is 1. The van der Waals surface area contributed by atoms with Crippen LogP contribution in [0.3, 0.4) is 0 Å². The normalized spacial score (nSPS) is 11.6. The van der Waals surface area contributed by atoms with Crippen LogP contribution >= 0.6 is 0 Å². The van der Waals surface area contributed by atoms with Crippen molar-refractivity contribution < 1.29 is 17.5 Å². The van der Waals surface area contributed by atoms with Crippen LogP contribution in [0.15, 0.2) is 65.8 Å². The van der Waals surface area contributed by atoms with E-state index in [4.69, 9.17) is 4.74 Å². The molecule has 2 aromatic carbocycles. The average molecular weight is 426 g/mol. The van der Waals surface area contributed by atoms with Gasteiger partial charge in [0.15, 0.2) is 15.5 Å². The van der Waals surface area contributed by atoms with Crippen molar-refractivity contribution >= 4 is 21.3 Å². The Morgan fingerprint density at radius 1 is 1.10 bits per heavy atom. The first-order valence-corrected chi connectivity index (χ1v) is 11.0. The quantitative estimate of drug-likeness (QED) is 0.507. The Balaban J connectivity index is 1.65. The van der Waals surface area contributed by atoms with Crippen LogP contribution in [0.2, 0.25) is 0 Å². The van der Waals surface area contributed by atoms with Crippen molar-refractivity contribution in [3.05, 3.63) is 72.3 Å². The van der Waals surface area contributed by atoms with Gasteiger partial charge in [0.2, 0.25) is 0 Å². The molecule has 1 N–H and O–H groups in total. The fourth-order valence-corrected chi connectivity index (χ4v) is 3.84. The van der Waals surface area contributed by atoms with Gasteiger partial charge in [0, 0.05) is 30.0 Å². The summed E-state index contributed by atoms with van der Waals surface area (Å²) in [5.41, 5.74) is 3.07. The number of sulfone groups is 1. The van der Waals surface area contributed by atoms with E-state index < -0.39 is 9.84 Å². The lowest BCUT2D eigenvalue weighted by atomic mass is 10.1. The number of nitrogens with zero attached hydrogens (tertiary/aromatic N) is 3. The number of anilines is 1. The number of nitrogens with one attached hydrogen (secondary N) is 1. The average Bonchev–Trinajstić information content (AvgIpc) is 3.22. The van der Waals surface area contributed by atoms with Crippen LogP contribution < -0.4 is 10.1 Å². The predicted octanol–water partition coefficient (Wildman–Crippen LogP) is 3.56. The van der Waals surface area contributed by atoms with Gasteiger partial charge in [0.1, 0.15) is 23.7 Å². The van der Waals surface area contributed by atoms with Crippen LogP contribution in [0.4, 0.5) is 10.2 Å². The maximum absolute atomic E-state index is 13.4. The zero-order valence-electron chi connectivity index (χ0n) is 16.3. The van der Waals surface area contributed by atoms with E-state index in [0.29, 0.717) is 17.9 Å². The van der Waals surface area contributed by atoms with Gasteiger partial charge in [-0.2, -0.15) is 0 Å². The summed E-state index contributed by atoms with van der Waals surface area (Å²) < 4.78 is 43.8. The summed E-state index contributed by atoms with van der Waals surface area (Å²) in [4.78, 5) is 0.260. The number of hydrogen-bond donors (Lipinski definition) is 1. The number of hydrogen-bond acceptors (Lipinski definition) is 6. The topological polar surface area (TPSA) is 85.6 Å². The van der Waals surface area contributed by atoms with Crippen molar-refractivity contribution in [3.8, 4) is 16.9 Å². The van der Waals surface area contributed by atoms with E-state index in [0.717, 1.165) is 22.5 Å². The van der Waals surface area contributed by atoms with Gasteiger partial charge in [-0.3, -0.25) is 4.40 Å². The van der Waals surface area contributed by atoms with Gasteiger partial charge >= 0.3 is 0 Å². The smallest absolute Gasteiger partial charge is 0.175 e. The Kier molecular flexibility index (Phi) is 5.13. The van der Waals surface area contributed by atoms with E-state index in [1.54, 1.807) is 41.1 Å². The number of fused-ring (bicyclic) bond motifs is 1. The van der Waals surface area contributed by atoms with Gasteiger partial charge in [-0.15, -0.1) is 10.2 Å². The molecule has 4 rings (SSSR count). The molecule has 0 amide bonds. The molecule has 30 heavy (non-hydrogen) atoms. The summed E-state index contributed by atoms with van der Waals surface area (Å²) in [7, 11) is -1.76. The van der Waals surface area contributed by atoms with Crippen molar-refractivity contribution in [2.45, 2.75) is 11.4 Å². The molecule has 0 spiro atoms. The molecule has 0 saturated carbocycles. The van der Waals surface area contributed by atoms with E-state index in [-0.39, 0.29) is 10.7 Å². The molecular formula is C21H19FN4O3S. The molecule has 0 fully saturated rings. The molecule has 0 saturated heterocycles. The monoisotopic (exact) mass is 426 g/mol. The highest BCUT2D eigenvalue weighted by atomic mass is 32.2. The Labute approximate surface area is 173 Å². The second kappa shape index (κ2) is 7.75. The predicted molar refractivity (Wildman–Crippen MR) is 112 cm³/mol. The Bertz CT molecular complexity index is 1320. The van der Waals surface area contributed by atoms with Crippen LogP contribution in [0, 0.1) is 5.82 Å². The third kappa shape index (κ3) is 3.84. The third-order valence-electron chi connectivity index (χ3n) is 4.76. The van der Waals surface area contributed by atoms with Crippen LogP contribution in [-0.4, -0.2) is 36.4 Å². The molecule has 7 nitrogen and oxygen atoms in total. The maximum atomic E-state index is 13.4. The lowest BCUT2D eigenvalue weighted by Crippen LogP contribution is -2.06. The lowest BCUT2D eigenvalue weighted by Gasteiger charge is -2.13. The molecular weight excluding hydrogens is 407 g/mol. The number of halogens is 1. The zero-order valence-corrected chi connectivity index (χ0v) is 17.1. The standard InChI is InChI=1S/C21H19FN4O3S/c1-29-19-11-16(22)6-3-15(19)12-23-20-10-9-18(21-25-24-13-26(20)21)14-4-7-17(8-5-14)30(2,27)28/h3-11,13,23H,12H2,1-2H3. The van der Waals surface area contributed by atoms with Crippen molar-refractivity contribution in [2.75, 3.05) is 18.7 Å². The van der Waals surface area contributed by atoms with Crippen LogP contribution in [-0.2, 0) is 16.4 Å². The Morgan fingerprint density at radius 3 is 2.57 bits per heavy atom. The summed E-state index contributed by atoms with van der Waals surface area (Å²) >= 11 is 0. The largest absolute Gasteiger partial charge is 0.496 e. The van der Waals surface area contributed by atoms with Crippen molar-refractivity contribution in [1.82, 2.24) is 14.6 Å². The fraction of sp³-hybridized carbons (Fsp3) is 0.143. The van der Waals surface area contributed by atoms with Gasteiger partial charge in [-0.05, 0) is 35.9 Å². The number of ether oxygens (including phenoxy) is 1. The highest BCUT2D eigenvalue weighted by Crippen LogP contribution is 2.28. The first-order chi connectivity index (χ1) is 14.4. The number of aromatic nitrogens is 3. The molecule has 0 atom stereocenters. The highest BCUT2D eigenvalue weighted by molar-refractivity contribution is 7.90. The van der Waals surface area contributed by atoms with Gasteiger partial charge in [0.25, 0.3) is 0 Å². The fourth-order valence-electron chi connectivity index (χ4n) is 3.21. The van der Waals surface area contributed by atoms with Gasteiger partial charge < -0.3 is 10.1 Å². The molecule has 0 aliphatic carbocycles. The molecule has 0 bridgehead atoms. The third-order valence-corrected chi connectivity index (χ3v) is 5.89. The van der Waals surface area contributed by atoms with Gasteiger partial charge in [-0.25, -0.2) is 12.8 Å². The Hall–Kier alpha value is -3.46. The number of benzene rings is 2. The van der Waals surface area contributed by atoms with Crippen LogP contribution in [0.1, 0.15) is 5.56 Å². The van der Waals surface area contributed by atoms with E-state index in [2.05, 4.69) is 15.5 Å². The van der Waals surface area contributed by atoms with Crippen LogP contribution in [0.25, 0.3) is 16.8 Å². The first-order valence-electron chi connectivity index (χ1n) is 9.06. The molecule has 2 aromatic heterocycles. The zero-order chi connectivity index (χ0) is 21.3. The minimum atomic E-state index is -3.26. The van der Waals surface area contributed by atoms with Gasteiger partial charge in [-0.1, -0.05) is 18.2 Å². The first kappa shape index (κ1) is 19.8. The van der Waals surface area contributed by atoms with Crippen molar-refractivity contribution in [3.63, 3.8) is 0 Å². The lowest BCUT2D eigenvalue weighted by molar-refractivity contribution is 0.406. The second-order valence-corrected chi connectivity index (χ2v) is 8.78. The molecule has 0 aliphatic rings. The summed E-state index contributed by atoms with van der Waals surface area (Å²) in [5, 5.41) is 11.5. The summed E-state index contributed by atoms with van der Waals surface area (Å²) in [6.07, 6.45) is 2.77. The van der Waals surface area contributed by atoms with E-state index in [1.165, 1.54) is 25.5 Å². The highest BCUT2D eigenvalue weighted by Gasteiger charge is 2.12. The SMILES string of the molecule is COc1cc(F)ccc1CNc1ccc(-c2ccc(S(C)(=O)=O)cc2)c2nncn12. The van der Waals surface area contributed by atoms with Crippen LogP contribution in [0.5, 0.6) is 5.75 Å². The van der Waals surface area contributed by atoms with Crippen molar-refractivity contribution in [1.29, 1.82) is 0 Å². The minimum absolute atomic E-state index is 0.260. The summed E-state index contributed by atoms with van der Waals surface area (Å²) in [6.45, 7) is 0.416. The number of rotatable bonds is 6. The maximum Gasteiger partial charge on any atom is 0.175 e. The summed E-state index contributed by atoms with van der Waals surface area (Å²) in [6, 6.07) is 14.8. The minimum Gasteiger partial charge on any atom is -0.496 e. The number of pyridine rings is 1.